The normalized spacial score (nSPS) is 12.0. The fourth-order valence-corrected chi connectivity index (χ4v) is 2.30. The van der Waals surface area contributed by atoms with Crippen LogP contribution in [0.3, 0.4) is 0 Å². The molecule has 1 N–H and O–H groups in total. The van der Waals surface area contributed by atoms with Gasteiger partial charge in [-0.25, -0.2) is 4.98 Å². The van der Waals surface area contributed by atoms with Gasteiger partial charge in [-0.2, -0.15) is 4.98 Å². The summed E-state index contributed by atoms with van der Waals surface area (Å²) in [5, 5.41) is 3.89. The third-order valence-corrected chi connectivity index (χ3v) is 3.62. The second-order valence-electron chi connectivity index (χ2n) is 4.58. The van der Waals surface area contributed by atoms with Crippen LogP contribution in [-0.4, -0.2) is 23.6 Å². The van der Waals surface area contributed by atoms with Crippen LogP contribution >= 0.6 is 11.6 Å². The summed E-state index contributed by atoms with van der Waals surface area (Å²) < 4.78 is 0. The number of hydrogen-bond donors (Lipinski definition) is 1. The summed E-state index contributed by atoms with van der Waals surface area (Å²) in [6, 6.07) is 9.91. The molecular weight excluding hydrogens is 272 g/mol. The fourth-order valence-electron chi connectivity index (χ4n) is 2.01. The van der Waals surface area contributed by atoms with Gasteiger partial charge in [0.15, 0.2) is 0 Å². The highest BCUT2D eigenvalue weighted by Crippen LogP contribution is 2.28. The number of benzene rings is 1. The van der Waals surface area contributed by atoms with Crippen LogP contribution in [0.2, 0.25) is 5.02 Å². The van der Waals surface area contributed by atoms with Crippen LogP contribution in [0.5, 0.6) is 0 Å². The summed E-state index contributed by atoms with van der Waals surface area (Å²) in [7, 11) is 2.01. The summed E-state index contributed by atoms with van der Waals surface area (Å²) in [5.74, 6) is 1.51. The van der Waals surface area contributed by atoms with Crippen molar-refractivity contribution >= 4 is 23.4 Å². The Morgan fingerprint density at radius 3 is 2.75 bits per heavy atom. The molecule has 0 bridgehead atoms. The molecule has 0 aliphatic rings. The second-order valence-corrected chi connectivity index (χ2v) is 4.98. The monoisotopic (exact) mass is 290 g/mol. The topological polar surface area (TPSA) is 41.1 Å². The van der Waals surface area contributed by atoms with Gasteiger partial charge in [0.05, 0.1) is 6.04 Å². The Morgan fingerprint density at radius 2 is 2.05 bits per heavy atom. The lowest BCUT2D eigenvalue weighted by molar-refractivity contribution is 0.727. The summed E-state index contributed by atoms with van der Waals surface area (Å²) in [6.07, 6.45) is 1.76. The standard InChI is InChI=1S/C15H19ClN4/c1-4-17-15-18-10-9-14(19-15)20(3)11(2)12-7-5-6-8-13(12)16/h5-11H,4H2,1-3H3,(H,17,18,19). The lowest BCUT2D eigenvalue weighted by Crippen LogP contribution is -2.23. The molecule has 0 saturated carbocycles. The van der Waals surface area contributed by atoms with Gasteiger partial charge in [-0.1, -0.05) is 29.8 Å². The van der Waals surface area contributed by atoms with E-state index in [1.54, 1.807) is 6.20 Å². The molecule has 0 radical (unpaired) electrons. The molecule has 1 aromatic heterocycles. The molecule has 4 nitrogen and oxygen atoms in total. The molecule has 0 aliphatic carbocycles. The Hall–Kier alpha value is -1.81. The Balaban J connectivity index is 2.24. The van der Waals surface area contributed by atoms with Gasteiger partial charge in [0.25, 0.3) is 0 Å². The molecule has 2 rings (SSSR count). The third kappa shape index (κ3) is 3.20. The SMILES string of the molecule is CCNc1nccc(N(C)C(C)c2ccccc2Cl)n1. The van der Waals surface area contributed by atoms with Crippen molar-refractivity contribution in [2.24, 2.45) is 0 Å². The quantitative estimate of drug-likeness (QED) is 0.910. The number of rotatable bonds is 5. The Labute approximate surface area is 124 Å². The van der Waals surface area contributed by atoms with Crippen LogP contribution in [0, 0.1) is 0 Å². The van der Waals surface area contributed by atoms with Crippen LogP contribution in [-0.2, 0) is 0 Å². The highest BCUT2D eigenvalue weighted by molar-refractivity contribution is 6.31. The second kappa shape index (κ2) is 6.57. The van der Waals surface area contributed by atoms with Crippen LogP contribution in [0.1, 0.15) is 25.5 Å². The van der Waals surface area contributed by atoms with Gasteiger partial charge >= 0.3 is 0 Å². The maximum atomic E-state index is 6.26. The zero-order valence-electron chi connectivity index (χ0n) is 12.0. The first kappa shape index (κ1) is 14.6. The molecule has 1 atom stereocenters. The highest BCUT2D eigenvalue weighted by atomic mass is 35.5. The van der Waals surface area contributed by atoms with Gasteiger partial charge in [-0.3, -0.25) is 0 Å². The lowest BCUT2D eigenvalue weighted by Gasteiger charge is -2.27. The highest BCUT2D eigenvalue weighted by Gasteiger charge is 2.16. The molecule has 20 heavy (non-hydrogen) atoms. The minimum atomic E-state index is 0.132. The minimum absolute atomic E-state index is 0.132. The molecule has 2 aromatic rings. The first-order valence-electron chi connectivity index (χ1n) is 6.67. The molecule has 1 unspecified atom stereocenters. The molecule has 0 saturated heterocycles. The maximum absolute atomic E-state index is 6.26. The van der Waals surface area contributed by atoms with Crippen molar-refractivity contribution in [3.8, 4) is 0 Å². The van der Waals surface area contributed by atoms with Crippen molar-refractivity contribution < 1.29 is 0 Å². The van der Waals surface area contributed by atoms with Crippen LogP contribution in [0.4, 0.5) is 11.8 Å². The summed E-state index contributed by atoms with van der Waals surface area (Å²) in [6.45, 7) is 4.93. The van der Waals surface area contributed by atoms with E-state index in [1.807, 2.05) is 44.3 Å². The molecule has 0 amide bonds. The number of aromatic nitrogens is 2. The number of halogens is 1. The molecule has 0 fully saturated rings. The van der Waals surface area contributed by atoms with Gasteiger partial charge < -0.3 is 10.2 Å². The first-order chi connectivity index (χ1) is 9.63. The lowest BCUT2D eigenvalue weighted by atomic mass is 10.1. The van der Waals surface area contributed by atoms with Gasteiger partial charge in [-0.05, 0) is 31.5 Å². The largest absolute Gasteiger partial charge is 0.354 e. The minimum Gasteiger partial charge on any atom is -0.354 e. The van der Waals surface area contributed by atoms with Crippen LogP contribution < -0.4 is 10.2 Å². The van der Waals surface area contributed by atoms with Gasteiger partial charge in [0.2, 0.25) is 5.95 Å². The molecule has 1 aromatic carbocycles. The van der Waals surface area contributed by atoms with E-state index in [4.69, 9.17) is 11.6 Å². The Kier molecular flexibility index (Phi) is 4.79. The number of nitrogens with one attached hydrogen (secondary N) is 1. The number of nitrogens with zero attached hydrogens (tertiary/aromatic N) is 3. The predicted octanol–water partition coefficient (Wildman–Crippen LogP) is 3.76. The molecule has 0 spiro atoms. The van der Waals surface area contributed by atoms with E-state index in [2.05, 4.69) is 27.1 Å². The summed E-state index contributed by atoms with van der Waals surface area (Å²) in [4.78, 5) is 10.8. The fraction of sp³-hybridized carbons (Fsp3) is 0.333. The number of hydrogen-bond acceptors (Lipinski definition) is 4. The Bertz CT molecular complexity index is 573. The van der Waals surface area contributed by atoms with E-state index in [0.717, 1.165) is 22.9 Å². The first-order valence-corrected chi connectivity index (χ1v) is 7.05. The summed E-state index contributed by atoms with van der Waals surface area (Å²) >= 11 is 6.26. The van der Waals surface area contributed by atoms with Gasteiger partial charge in [0, 0.05) is 24.8 Å². The molecule has 1 heterocycles. The molecule has 5 heteroatoms. The third-order valence-electron chi connectivity index (χ3n) is 3.27. The van der Waals surface area contributed by atoms with Gasteiger partial charge in [-0.15, -0.1) is 0 Å². The van der Waals surface area contributed by atoms with Gasteiger partial charge in [0.1, 0.15) is 5.82 Å². The zero-order chi connectivity index (χ0) is 14.5. The van der Waals surface area contributed by atoms with E-state index in [-0.39, 0.29) is 6.04 Å². The van der Waals surface area contributed by atoms with Crippen LogP contribution in [0.15, 0.2) is 36.5 Å². The smallest absolute Gasteiger partial charge is 0.224 e. The van der Waals surface area contributed by atoms with E-state index in [9.17, 15) is 0 Å². The van der Waals surface area contributed by atoms with Crippen molar-refractivity contribution in [3.63, 3.8) is 0 Å². The van der Waals surface area contributed by atoms with Crippen molar-refractivity contribution in [1.29, 1.82) is 0 Å². The zero-order valence-corrected chi connectivity index (χ0v) is 12.7. The van der Waals surface area contributed by atoms with E-state index >= 15 is 0 Å². The average molecular weight is 291 g/mol. The maximum Gasteiger partial charge on any atom is 0.224 e. The van der Waals surface area contributed by atoms with Crippen molar-refractivity contribution in [3.05, 3.63) is 47.1 Å². The van der Waals surface area contributed by atoms with Crippen LogP contribution in [0.25, 0.3) is 0 Å². The molecule has 106 valence electrons. The van der Waals surface area contributed by atoms with Crippen molar-refractivity contribution in [1.82, 2.24) is 9.97 Å². The summed E-state index contributed by atoms with van der Waals surface area (Å²) in [5.41, 5.74) is 1.08. The predicted molar refractivity (Wildman–Crippen MR) is 84.5 cm³/mol. The van der Waals surface area contributed by atoms with E-state index < -0.39 is 0 Å². The average Bonchev–Trinajstić information content (AvgIpc) is 2.47. The van der Waals surface area contributed by atoms with Crippen molar-refractivity contribution in [2.45, 2.75) is 19.9 Å². The molecule has 0 aliphatic heterocycles. The van der Waals surface area contributed by atoms with Crippen molar-refractivity contribution in [2.75, 3.05) is 23.8 Å². The van der Waals surface area contributed by atoms with E-state index in [0.29, 0.717) is 5.95 Å². The Morgan fingerprint density at radius 1 is 1.30 bits per heavy atom. The number of anilines is 2. The molecular formula is C15H19ClN4. The van der Waals surface area contributed by atoms with E-state index in [1.165, 1.54) is 0 Å².